The van der Waals surface area contributed by atoms with Crippen LogP contribution in [0.1, 0.15) is 18.4 Å². The molecule has 5 heteroatoms. The summed E-state index contributed by atoms with van der Waals surface area (Å²) < 4.78 is 25.9. The molecule has 1 heterocycles. The van der Waals surface area contributed by atoms with Crippen LogP contribution in [0.15, 0.2) is 23.1 Å². The fourth-order valence-corrected chi connectivity index (χ4v) is 3.66. The van der Waals surface area contributed by atoms with Gasteiger partial charge in [-0.2, -0.15) is 4.31 Å². The van der Waals surface area contributed by atoms with Crippen LogP contribution in [0.5, 0.6) is 0 Å². The Balaban J connectivity index is 2.42. The van der Waals surface area contributed by atoms with Crippen molar-refractivity contribution in [2.24, 2.45) is 0 Å². The second-order valence-electron chi connectivity index (χ2n) is 4.19. The van der Waals surface area contributed by atoms with Crippen molar-refractivity contribution in [3.63, 3.8) is 0 Å². The van der Waals surface area contributed by atoms with Gasteiger partial charge in [0.2, 0.25) is 10.0 Å². The summed E-state index contributed by atoms with van der Waals surface area (Å²) in [6.07, 6.45) is 1.89. The number of nitrogen functional groups attached to an aromatic ring is 1. The average Bonchev–Trinajstić information content (AvgIpc) is 2.69. The van der Waals surface area contributed by atoms with E-state index in [9.17, 15) is 8.42 Å². The molecule has 2 rings (SSSR count). The molecule has 0 aromatic heterocycles. The number of aryl methyl sites for hydroxylation is 1. The summed E-state index contributed by atoms with van der Waals surface area (Å²) >= 11 is 0. The van der Waals surface area contributed by atoms with Gasteiger partial charge in [0, 0.05) is 18.8 Å². The molecule has 1 fully saturated rings. The summed E-state index contributed by atoms with van der Waals surface area (Å²) in [7, 11) is -3.33. The summed E-state index contributed by atoms with van der Waals surface area (Å²) in [6, 6.07) is 4.97. The van der Waals surface area contributed by atoms with Crippen molar-refractivity contribution in [2.45, 2.75) is 24.7 Å². The summed E-state index contributed by atoms with van der Waals surface area (Å²) in [5.41, 5.74) is 7.04. The van der Waals surface area contributed by atoms with Gasteiger partial charge < -0.3 is 5.73 Å². The van der Waals surface area contributed by atoms with Crippen LogP contribution in [-0.2, 0) is 10.0 Å². The van der Waals surface area contributed by atoms with Gasteiger partial charge in [-0.25, -0.2) is 8.42 Å². The van der Waals surface area contributed by atoms with Crippen molar-refractivity contribution in [3.8, 4) is 0 Å². The molecule has 1 aromatic rings. The number of rotatable bonds is 2. The van der Waals surface area contributed by atoms with Gasteiger partial charge in [0.1, 0.15) is 0 Å². The van der Waals surface area contributed by atoms with Gasteiger partial charge in [0.25, 0.3) is 0 Å². The molecule has 4 nitrogen and oxygen atoms in total. The standard InChI is InChI=1S/C11H16N2O2S/c1-9-6-10(12)8-11(7-9)16(14,15)13-4-2-3-5-13/h6-8H,2-5,12H2,1H3. The zero-order valence-corrected chi connectivity index (χ0v) is 10.1. The van der Waals surface area contributed by atoms with Gasteiger partial charge in [-0.3, -0.25) is 0 Å². The normalized spacial score (nSPS) is 17.8. The maximum Gasteiger partial charge on any atom is 0.243 e. The van der Waals surface area contributed by atoms with Crippen LogP contribution in [0.25, 0.3) is 0 Å². The highest BCUT2D eigenvalue weighted by Crippen LogP contribution is 2.23. The molecule has 16 heavy (non-hydrogen) atoms. The van der Waals surface area contributed by atoms with Crippen LogP contribution >= 0.6 is 0 Å². The molecule has 0 saturated carbocycles. The van der Waals surface area contributed by atoms with E-state index in [4.69, 9.17) is 5.73 Å². The Bertz CT molecular complexity index is 470. The molecule has 0 bridgehead atoms. The highest BCUT2D eigenvalue weighted by Gasteiger charge is 2.27. The van der Waals surface area contributed by atoms with E-state index in [1.807, 2.05) is 6.92 Å². The monoisotopic (exact) mass is 240 g/mol. The molecule has 0 aliphatic carbocycles. The zero-order chi connectivity index (χ0) is 11.8. The summed E-state index contributed by atoms with van der Waals surface area (Å²) in [5.74, 6) is 0. The van der Waals surface area contributed by atoms with Crippen LogP contribution in [0.3, 0.4) is 0 Å². The van der Waals surface area contributed by atoms with Crippen molar-refractivity contribution in [2.75, 3.05) is 18.8 Å². The number of benzene rings is 1. The Kier molecular flexibility index (Phi) is 2.90. The smallest absolute Gasteiger partial charge is 0.243 e. The first-order chi connectivity index (χ1) is 7.50. The van der Waals surface area contributed by atoms with E-state index in [0.29, 0.717) is 23.7 Å². The van der Waals surface area contributed by atoms with E-state index in [2.05, 4.69) is 0 Å². The predicted molar refractivity (Wildman–Crippen MR) is 63.6 cm³/mol. The van der Waals surface area contributed by atoms with Crippen LogP contribution in [-0.4, -0.2) is 25.8 Å². The fourth-order valence-electron chi connectivity index (χ4n) is 2.00. The highest BCUT2D eigenvalue weighted by molar-refractivity contribution is 7.89. The molecule has 0 spiro atoms. The lowest BCUT2D eigenvalue weighted by Crippen LogP contribution is -2.27. The Hall–Kier alpha value is -1.07. The Morgan fingerprint density at radius 1 is 1.19 bits per heavy atom. The van der Waals surface area contributed by atoms with Crippen molar-refractivity contribution in [1.82, 2.24) is 4.31 Å². The van der Waals surface area contributed by atoms with E-state index in [0.717, 1.165) is 18.4 Å². The van der Waals surface area contributed by atoms with E-state index in [1.54, 1.807) is 12.1 Å². The summed E-state index contributed by atoms with van der Waals surface area (Å²) in [5, 5.41) is 0. The van der Waals surface area contributed by atoms with Crippen molar-refractivity contribution in [1.29, 1.82) is 0 Å². The van der Waals surface area contributed by atoms with Crippen LogP contribution < -0.4 is 5.73 Å². The zero-order valence-electron chi connectivity index (χ0n) is 9.31. The molecular weight excluding hydrogens is 224 g/mol. The predicted octanol–water partition coefficient (Wildman–Crippen LogP) is 1.36. The molecule has 0 atom stereocenters. The van der Waals surface area contributed by atoms with Crippen LogP contribution in [0, 0.1) is 6.92 Å². The van der Waals surface area contributed by atoms with E-state index < -0.39 is 10.0 Å². The number of hydrogen-bond acceptors (Lipinski definition) is 3. The first kappa shape index (κ1) is 11.4. The third-order valence-corrected chi connectivity index (χ3v) is 4.65. The van der Waals surface area contributed by atoms with Gasteiger partial charge in [-0.1, -0.05) is 0 Å². The molecule has 0 radical (unpaired) electrons. The molecular formula is C11H16N2O2S. The number of anilines is 1. The third-order valence-electron chi connectivity index (χ3n) is 2.78. The maximum atomic E-state index is 12.2. The van der Waals surface area contributed by atoms with Crippen LogP contribution in [0.2, 0.25) is 0 Å². The molecule has 2 N–H and O–H groups in total. The van der Waals surface area contributed by atoms with Crippen molar-refractivity contribution < 1.29 is 8.42 Å². The first-order valence-electron chi connectivity index (χ1n) is 5.37. The Morgan fingerprint density at radius 3 is 2.38 bits per heavy atom. The largest absolute Gasteiger partial charge is 0.399 e. The summed E-state index contributed by atoms with van der Waals surface area (Å²) in [6.45, 7) is 3.09. The van der Waals surface area contributed by atoms with Gasteiger partial charge >= 0.3 is 0 Å². The lowest BCUT2D eigenvalue weighted by molar-refractivity contribution is 0.477. The maximum absolute atomic E-state index is 12.2. The summed E-state index contributed by atoms with van der Waals surface area (Å²) in [4.78, 5) is 0.312. The lowest BCUT2D eigenvalue weighted by Gasteiger charge is -2.16. The molecule has 1 aromatic carbocycles. The van der Waals surface area contributed by atoms with Crippen LogP contribution in [0.4, 0.5) is 5.69 Å². The van der Waals surface area contributed by atoms with Gasteiger partial charge in [0.05, 0.1) is 4.90 Å². The average molecular weight is 240 g/mol. The Labute approximate surface area is 96.1 Å². The first-order valence-corrected chi connectivity index (χ1v) is 6.81. The quantitative estimate of drug-likeness (QED) is 0.794. The second kappa shape index (κ2) is 4.07. The lowest BCUT2D eigenvalue weighted by atomic mass is 10.2. The molecule has 1 aliphatic heterocycles. The molecule has 88 valence electrons. The minimum absolute atomic E-state index is 0.312. The minimum atomic E-state index is -3.33. The number of sulfonamides is 1. The van der Waals surface area contributed by atoms with Crippen molar-refractivity contribution in [3.05, 3.63) is 23.8 Å². The molecule has 0 amide bonds. The fraction of sp³-hybridized carbons (Fsp3) is 0.455. The number of nitrogens with zero attached hydrogens (tertiary/aromatic N) is 1. The number of nitrogens with two attached hydrogens (primary N) is 1. The SMILES string of the molecule is Cc1cc(N)cc(S(=O)(=O)N2CCCC2)c1. The second-order valence-corrected chi connectivity index (χ2v) is 6.13. The minimum Gasteiger partial charge on any atom is -0.399 e. The van der Waals surface area contributed by atoms with E-state index >= 15 is 0 Å². The molecule has 1 saturated heterocycles. The highest BCUT2D eigenvalue weighted by atomic mass is 32.2. The number of hydrogen-bond donors (Lipinski definition) is 1. The van der Waals surface area contributed by atoms with Gasteiger partial charge in [0.15, 0.2) is 0 Å². The van der Waals surface area contributed by atoms with Gasteiger partial charge in [-0.05, 0) is 43.5 Å². The Morgan fingerprint density at radius 2 is 1.81 bits per heavy atom. The van der Waals surface area contributed by atoms with Crippen molar-refractivity contribution >= 4 is 15.7 Å². The van der Waals surface area contributed by atoms with E-state index in [-0.39, 0.29) is 0 Å². The topological polar surface area (TPSA) is 63.4 Å². The third kappa shape index (κ3) is 2.05. The molecule has 1 aliphatic rings. The van der Waals surface area contributed by atoms with E-state index in [1.165, 1.54) is 10.4 Å². The van der Waals surface area contributed by atoms with Gasteiger partial charge in [-0.15, -0.1) is 0 Å². The molecule has 0 unspecified atom stereocenters.